The van der Waals surface area contributed by atoms with Crippen LogP contribution >= 0.6 is 0 Å². The second kappa shape index (κ2) is 8.72. The van der Waals surface area contributed by atoms with Crippen LogP contribution < -0.4 is 21.5 Å². The van der Waals surface area contributed by atoms with Gasteiger partial charge in [-0.3, -0.25) is 14.2 Å². The zero-order valence-corrected chi connectivity index (χ0v) is 19.3. The highest BCUT2D eigenvalue weighted by molar-refractivity contribution is 5.94. The molecule has 1 amide bonds. The summed E-state index contributed by atoms with van der Waals surface area (Å²) in [5.41, 5.74) is 0.955. The number of carbonyl (C=O) groups excluding carboxylic acids is 1. The number of nitrogens with zero attached hydrogens (tertiary/aromatic N) is 5. The van der Waals surface area contributed by atoms with Gasteiger partial charge in [-0.1, -0.05) is 0 Å². The Balaban J connectivity index is 1.32. The van der Waals surface area contributed by atoms with Crippen molar-refractivity contribution in [3.05, 3.63) is 70.8 Å². The molecule has 0 unspecified atom stereocenters. The van der Waals surface area contributed by atoms with E-state index in [1.54, 1.807) is 25.2 Å². The fourth-order valence-electron chi connectivity index (χ4n) is 4.82. The van der Waals surface area contributed by atoms with Crippen LogP contribution in [0.5, 0.6) is 0 Å². The summed E-state index contributed by atoms with van der Waals surface area (Å²) in [6.07, 6.45) is 6.30. The lowest BCUT2D eigenvalue weighted by molar-refractivity contribution is -0.000686. The minimum atomic E-state index is -0.622. The van der Waals surface area contributed by atoms with Crippen LogP contribution in [-0.2, 0) is 4.74 Å². The number of rotatable bonds is 6. The maximum absolute atomic E-state index is 14.2. The molecule has 2 aliphatic rings. The summed E-state index contributed by atoms with van der Waals surface area (Å²) in [7, 11) is 1.72. The van der Waals surface area contributed by atoms with Crippen molar-refractivity contribution in [2.75, 3.05) is 24.3 Å². The number of fused-ring (bicyclic) bond motifs is 2. The Labute approximate surface area is 204 Å². The van der Waals surface area contributed by atoms with Gasteiger partial charge in [-0.15, -0.1) is 5.10 Å². The number of hydrogen-bond acceptors (Lipinski definition) is 8. The summed E-state index contributed by atoms with van der Waals surface area (Å²) in [6.45, 7) is 0.730. The van der Waals surface area contributed by atoms with Gasteiger partial charge < -0.3 is 20.7 Å². The van der Waals surface area contributed by atoms with E-state index in [9.17, 15) is 14.0 Å². The van der Waals surface area contributed by atoms with Crippen LogP contribution in [0.4, 0.5) is 21.6 Å². The number of pyridine rings is 2. The molecule has 36 heavy (non-hydrogen) atoms. The van der Waals surface area contributed by atoms with Crippen molar-refractivity contribution in [2.45, 2.75) is 25.0 Å². The number of anilines is 3. The van der Waals surface area contributed by atoms with Crippen molar-refractivity contribution in [1.29, 1.82) is 0 Å². The van der Waals surface area contributed by atoms with Crippen LogP contribution in [0.1, 0.15) is 23.3 Å². The van der Waals surface area contributed by atoms with Gasteiger partial charge in [-0.05, 0) is 43.0 Å². The molecule has 184 valence electrons. The lowest BCUT2D eigenvalue weighted by atomic mass is 9.77. The average molecular weight is 490 g/mol. The number of ether oxygens (including phenoxy) is 1. The first-order valence-corrected chi connectivity index (χ1v) is 11.6. The SMILES string of the molecule is CNc1cc(Nc2cccn(-c3ncccc3F)c2=O)nn2c(C(=O)N[C@@H]3C[C@H]4CCO[C@H]43)cnc12. The van der Waals surface area contributed by atoms with Gasteiger partial charge in [0.15, 0.2) is 28.8 Å². The summed E-state index contributed by atoms with van der Waals surface area (Å²) in [5, 5.41) is 13.6. The Hall–Kier alpha value is -4.32. The van der Waals surface area contributed by atoms with Gasteiger partial charge in [0.05, 0.1) is 24.0 Å². The number of amides is 1. The Morgan fingerprint density at radius 3 is 2.92 bits per heavy atom. The Morgan fingerprint density at radius 1 is 1.22 bits per heavy atom. The molecule has 0 aromatic carbocycles. The Kier molecular flexibility index (Phi) is 5.37. The molecule has 1 aliphatic heterocycles. The van der Waals surface area contributed by atoms with Gasteiger partial charge in [0.25, 0.3) is 11.5 Å². The van der Waals surface area contributed by atoms with Crippen molar-refractivity contribution in [1.82, 2.24) is 29.5 Å². The monoisotopic (exact) mass is 490 g/mol. The highest BCUT2D eigenvalue weighted by Gasteiger charge is 2.46. The molecule has 3 atom stereocenters. The van der Waals surface area contributed by atoms with Crippen molar-refractivity contribution in [2.24, 2.45) is 5.92 Å². The molecule has 11 nitrogen and oxygen atoms in total. The summed E-state index contributed by atoms with van der Waals surface area (Å²) >= 11 is 0. The van der Waals surface area contributed by atoms with Crippen LogP contribution in [-0.4, -0.2) is 55.9 Å². The summed E-state index contributed by atoms with van der Waals surface area (Å²) in [5.74, 6) is -0.233. The fourth-order valence-corrected chi connectivity index (χ4v) is 4.82. The highest BCUT2D eigenvalue weighted by Crippen LogP contribution is 2.38. The largest absolute Gasteiger partial charge is 0.385 e. The molecule has 0 bridgehead atoms. The standard InChI is InChI=1S/C24H23FN8O3/c1-26-17-11-19(29-15-5-3-8-32(24(15)35)21-14(25)4-2-7-27-21)31-33-18(12-28-22(17)33)23(34)30-16-10-13-6-9-36-20(13)16/h2-5,7-8,11-13,16,20,26H,6,9-10H2,1H3,(H,29,31)(H,30,34)/t13-,16-,20-/m1/s1. The second-order valence-electron chi connectivity index (χ2n) is 8.80. The number of carbonyl (C=O) groups is 1. The first kappa shape index (κ1) is 22.2. The molecule has 6 rings (SSSR count). The fraction of sp³-hybridized carbons (Fsp3) is 0.292. The van der Waals surface area contributed by atoms with E-state index in [2.05, 4.69) is 31.0 Å². The van der Waals surface area contributed by atoms with Gasteiger partial charge in [0.2, 0.25) is 0 Å². The topological polar surface area (TPSA) is 127 Å². The van der Waals surface area contributed by atoms with Crippen molar-refractivity contribution < 1.29 is 13.9 Å². The lowest BCUT2D eigenvalue weighted by Gasteiger charge is -2.39. The average Bonchev–Trinajstić information content (AvgIpc) is 3.47. The minimum Gasteiger partial charge on any atom is -0.385 e. The molecule has 1 saturated heterocycles. The molecule has 5 heterocycles. The molecule has 1 aliphatic carbocycles. The quantitative estimate of drug-likeness (QED) is 0.375. The maximum atomic E-state index is 14.2. The van der Waals surface area contributed by atoms with Gasteiger partial charge >= 0.3 is 0 Å². The number of imidazole rings is 1. The third-order valence-corrected chi connectivity index (χ3v) is 6.68. The summed E-state index contributed by atoms with van der Waals surface area (Å²) < 4.78 is 22.5. The van der Waals surface area contributed by atoms with Crippen LogP contribution in [0, 0.1) is 11.7 Å². The third-order valence-electron chi connectivity index (χ3n) is 6.68. The van der Waals surface area contributed by atoms with E-state index in [-0.39, 0.29) is 41.1 Å². The van der Waals surface area contributed by atoms with Gasteiger partial charge in [0.1, 0.15) is 5.69 Å². The predicted octanol–water partition coefficient (Wildman–Crippen LogP) is 2.11. The number of hydrogen-bond donors (Lipinski definition) is 3. The van der Waals surface area contributed by atoms with Gasteiger partial charge in [0, 0.05) is 32.1 Å². The normalized spacial score (nSPS) is 20.6. The molecule has 4 aromatic heterocycles. The van der Waals surface area contributed by atoms with Crippen molar-refractivity contribution in [3.8, 4) is 5.82 Å². The molecule has 4 aromatic rings. The van der Waals surface area contributed by atoms with E-state index in [0.29, 0.717) is 17.3 Å². The van der Waals surface area contributed by atoms with Gasteiger partial charge in [-0.25, -0.2) is 18.9 Å². The van der Waals surface area contributed by atoms with E-state index in [1.807, 2.05) is 0 Å². The molecule has 0 radical (unpaired) electrons. The predicted molar refractivity (Wildman–Crippen MR) is 129 cm³/mol. The highest BCUT2D eigenvalue weighted by atomic mass is 19.1. The molecule has 3 N–H and O–H groups in total. The first-order valence-electron chi connectivity index (χ1n) is 11.6. The zero-order valence-electron chi connectivity index (χ0n) is 19.3. The smallest absolute Gasteiger partial charge is 0.280 e. The van der Waals surface area contributed by atoms with Crippen LogP contribution in [0.15, 0.2) is 53.7 Å². The zero-order chi connectivity index (χ0) is 24.8. The summed E-state index contributed by atoms with van der Waals surface area (Å²) in [4.78, 5) is 34.5. The molecule has 2 fully saturated rings. The van der Waals surface area contributed by atoms with E-state index in [1.165, 1.54) is 35.2 Å². The van der Waals surface area contributed by atoms with E-state index in [0.717, 1.165) is 24.0 Å². The molecular weight excluding hydrogens is 467 g/mol. The Morgan fingerprint density at radius 2 is 2.11 bits per heavy atom. The second-order valence-corrected chi connectivity index (χ2v) is 8.80. The van der Waals surface area contributed by atoms with Crippen LogP contribution in [0.2, 0.25) is 0 Å². The number of aromatic nitrogens is 5. The molecular formula is C24H23FN8O3. The molecule has 12 heteroatoms. The molecule has 0 spiro atoms. The van der Waals surface area contributed by atoms with E-state index < -0.39 is 11.4 Å². The summed E-state index contributed by atoms with van der Waals surface area (Å²) in [6, 6.07) is 7.48. The lowest BCUT2D eigenvalue weighted by Crippen LogP contribution is -2.54. The first-order chi connectivity index (χ1) is 17.5. The van der Waals surface area contributed by atoms with E-state index >= 15 is 0 Å². The third kappa shape index (κ3) is 3.66. The van der Waals surface area contributed by atoms with Gasteiger partial charge in [-0.2, -0.15) is 0 Å². The minimum absolute atomic E-state index is 0.0320. The van der Waals surface area contributed by atoms with Crippen molar-refractivity contribution in [3.63, 3.8) is 0 Å². The maximum Gasteiger partial charge on any atom is 0.280 e. The van der Waals surface area contributed by atoms with E-state index in [4.69, 9.17) is 4.74 Å². The molecule has 1 saturated carbocycles. The Bertz CT molecular complexity index is 1530. The van der Waals surface area contributed by atoms with Crippen LogP contribution in [0.25, 0.3) is 11.5 Å². The number of nitrogens with one attached hydrogen (secondary N) is 3. The van der Waals surface area contributed by atoms with Crippen molar-refractivity contribution >= 4 is 28.7 Å². The van der Waals surface area contributed by atoms with Crippen LogP contribution in [0.3, 0.4) is 0 Å². The number of halogens is 1.